The number of nitrogens with zero attached hydrogens (tertiary/aromatic N) is 1. The second-order valence-electron chi connectivity index (χ2n) is 9.82. The lowest BCUT2D eigenvalue weighted by Crippen LogP contribution is -2.53. The van der Waals surface area contributed by atoms with E-state index in [0.29, 0.717) is 27.8 Å². The molecule has 0 spiro atoms. The summed E-state index contributed by atoms with van der Waals surface area (Å²) >= 11 is 16.6. The Morgan fingerprint density at radius 2 is 1.69 bits per heavy atom. The molecule has 206 valence electrons. The smallest absolute Gasteiger partial charge is 0.261 e. The number of amides is 2. The number of carbonyl (C=O) groups is 2. The highest BCUT2D eigenvalue weighted by molar-refractivity contribution is 9.10. The van der Waals surface area contributed by atoms with Crippen molar-refractivity contribution in [2.75, 3.05) is 6.61 Å². The molecule has 0 aliphatic heterocycles. The molecular weight excluding hydrogens is 599 g/mol. The molecule has 1 aliphatic rings. The molecule has 39 heavy (non-hydrogen) atoms. The van der Waals surface area contributed by atoms with Gasteiger partial charge in [0.2, 0.25) is 5.91 Å². The maximum absolute atomic E-state index is 13.9. The number of benzene rings is 3. The van der Waals surface area contributed by atoms with Crippen molar-refractivity contribution in [1.82, 2.24) is 10.2 Å². The van der Waals surface area contributed by atoms with Gasteiger partial charge in [0.25, 0.3) is 5.91 Å². The maximum atomic E-state index is 13.9. The lowest BCUT2D eigenvalue weighted by atomic mass is 10.0. The molecule has 8 heteroatoms. The van der Waals surface area contributed by atoms with Crippen molar-refractivity contribution in [3.05, 3.63) is 97.9 Å². The van der Waals surface area contributed by atoms with Gasteiger partial charge >= 0.3 is 0 Å². The Hall–Kier alpha value is -2.54. The summed E-state index contributed by atoms with van der Waals surface area (Å²) in [6.45, 7) is 1.91. The maximum Gasteiger partial charge on any atom is 0.261 e. The van der Waals surface area contributed by atoms with Crippen LogP contribution in [-0.4, -0.2) is 35.4 Å². The molecule has 1 saturated carbocycles. The van der Waals surface area contributed by atoms with Crippen LogP contribution in [-0.2, 0) is 29.0 Å². The van der Waals surface area contributed by atoms with E-state index < -0.39 is 6.04 Å². The molecule has 0 saturated heterocycles. The normalized spacial score (nSPS) is 14.2. The van der Waals surface area contributed by atoms with Crippen LogP contribution in [0.1, 0.15) is 49.3 Å². The Bertz CT molecular complexity index is 1260. The first-order valence-corrected chi connectivity index (χ1v) is 14.9. The summed E-state index contributed by atoms with van der Waals surface area (Å²) in [6.07, 6.45) is 5.30. The van der Waals surface area contributed by atoms with Gasteiger partial charge in [-0.05, 0) is 70.6 Å². The van der Waals surface area contributed by atoms with E-state index in [2.05, 4.69) is 28.2 Å². The quantitative estimate of drug-likeness (QED) is 0.240. The zero-order chi connectivity index (χ0) is 27.8. The molecule has 4 rings (SSSR count). The summed E-state index contributed by atoms with van der Waals surface area (Å²) in [5.74, 6) is 0.0435. The van der Waals surface area contributed by atoms with Gasteiger partial charge in [-0.3, -0.25) is 9.59 Å². The van der Waals surface area contributed by atoms with Gasteiger partial charge in [0, 0.05) is 34.6 Å². The molecule has 0 radical (unpaired) electrons. The standard InChI is InChI=1S/C31H33BrCl2N2O3/c1-2-21-15-16-29(25(32)17-21)39-20-30(37)36(19-24-26(33)13-8-14-27(24)34)28(18-22-9-4-3-5-10-22)31(38)35-23-11-6-7-12-23/h3-5,8-10,13-17,23,28H,2,6-7,11-12,18-20H2,1H3,(H,35,38)/t28-/m1/s1. The highest BCUT2D eigenvalue weighted by Gasteiger charge is 2.33. The first-order valence-electron chi connectivity index (χ1n) is 13.3. The Morgan fingerprint density at radius 3 is 2.33 bits per heavy atom. The molecule has 5 nitrogen and oxygen atoms in total. The molecule has 0 bridgehead atoms. The third-order valence-corrected chi connectivity index (χ3v) is 8.45. The van der Waals surface area contributed by atoms with Gasteiger partial charge in [-0.15, -0.1) is 0 Å². The van der Waals surface area contributed by atoms with Gasteiger partial charge in [-0.2, -0.15) is 0 Å². The number of ether oxygens (including phenoxy) is 1. The van der Waals surface area contributed by atoms with Crippen LogP contribution >= 0.6 is 39.1 Å². The summed E-state index contributed by atoms with van der Waals surface area (Å²) in [7, 11) is 0. The SMILES string of the molecule is CCc1ccc(OCC(=O)N(Cc2c(Cl)cccc2Cl)[C@H](Cc2ccccc2)C(=O)NC2CCCC2)c(Br)c1. The fourth-order valence-corrected chi connectivity index (χ4v) is 5.94. The highest BCUT2D eigenvalue weighted by Crippen LogP contribution is 2.29. The molecule has 3 aromatic carbocycles. The third kappa shape index (κ3) is 8.00. The predicted molar refractivity (Wildman–Crippen MR) is 160 cm³/mol. The first kappa shape index (κ1) is 29.4. The minimum Gasteiger partial charge on any atom is -0.483 e. The average molecular weight is 632 g/mol. The van der Waals surface area contributed by atoms with E-state index in [0.717, 1.165) is 47.7 Å². The van der Waals surface area contributed by atoms with E-state index in [1.165, 1.54) is 0 Å². The molecule has 0 aromatic heterocycles. The van der Waals surface area contributed by atoms with Crippen LogP contribution in [0, 0.1) is 0 Å². The van der Waals surface area contributed by atoms with Crippen molar-refractivity contribution in [3.8, 4) is 5.75 Å². The largest absolute Gasteiger partial charge is 0.483 e. The lowest BCUT2D eigenvalue weighted by Gasteiger charge is -2.32. The van der Waals surface area contributed by atoms with Crippen molar-refractivity contribution in [3.63, 3.8) is 0 Å². The van der Waals surface area contributed by atoms with E-state index in [1.54, 1.807) is 23.1 Å². The number of halogens is 3. The molecule has 1 atom stereocenters. The second-order valence-corrected chi connectivity index (χ2v) is 11.5. The van der Waals surface area contributed by atoms with Crippen molar-refractivity contribution in [1.29, 1.82) is 0 Å². The van der Waals surface area contributed by atoms with E-state index in [9.17, 15) is 9.59 Å². The number of carbonyl (C=O) groups excluding carboxylic acids is 2. The van der Waals surface area contributed by atoms with Gasteiger partial charge in [-0.1, -0.05) is 85.4 Å². The van der Waals surface area contributed by atoms with Crippen LogP contribution in [0.25, 0.3) is 0 Å². The fourth-order valence-electron chi connectivity index (χ4n) is 4.88. The number of aryl methyl sites for hydroxylation is 1. The van der Waals surface area contributed by atoms with Gasteiger partial charge < -0.3 is 15.0 Å². The van der Waals surface area contributed by atoms with Gasteiger partial charge in [0.15, 0.2) is 6.61 Å². The molecule has 1 fully saturated rings. The van der Waals surface area contributed by atoms with Crippen LogP contribution in [0.2, 0.25) is 10.0 Å². The average Bonchev–Trinajstić information content (AvgIpc) is 3.44. The molecule has 3 aromatic rings. The molecule has 1 aliphatic carbocycles. The summed E-state index contributed by atoms with van der Waals surface area (Å²) in [6, 6.07) is 20.1. The highest BCUT2D eigenvalue weighted by atomic mass is 79.9. The summed E-state index contributed by atoms with van der Waals surface area (Å²) < 4.78 is 6.73. The minimum absolute atomic E-state index is 0.0756. The summed E-state index contributed by atoms with van der Waals surface area (Å²) in [4.78, 5) is 29.2. The molecule has 1 N–H and O–H groups in total. The minimum atomic E-state index is -0.776. The van der Waals surface area contributed by atoms with Crippen LogP contribution in [0.15, 0.2) is 71.2 Å². The summed E-state index contributed by atoms with van der Waals surface area (Å²) in [5.41, 5.74) is 2.70. The Balaban J connectivity index is 1.65. The van der Waals surface area contributed by atoms with Gasteiger partial charge in [0.1, 0.15) is 11.8 Å². The monoisotopic (exact) mass is 630 g/mol. The fraction of sp³-hybridized carbons (Fsp3) is 0.355. The van der Waals surface area contributed by atoms with E-state index in [4.69, 9.17) is 27.9 Å². The van der Waals surface area contributed by atoms with Gasteiger partial charge in [0.05, 0.1) is 4.47 Å². The van der Waals surface area contributed by atoms with Crippen molar-refractivity contribution < 1.29 is 14.3 Å². The predicted octanol–water partition coefficient (Wildman–Crippen LogP) is 7.40. The number of hydrogen-bond donors (Lipinski definition) is 1. The lowest BCUT2D eigenvalue weighted by molar-refractivity contribution is -0.143. The van der Waals surface area contributed by atoms with E-state index >= 15 is 0 Å². The van der Waals surface area contributed by atoms with E-state index in [1.807, 2.05) is 48.5 Å². The molecular formula is C31H33BrCl2N2O3. The van der Waals surface area contributed by atoms with Crippen molar-refractivity contribution in [2.45, 2.75) is 64.1 Å². The molecule has 0 heterocycles. The van der Waals surface area contributed by atoms with Gasteiger partial charge in [-0.25, -0.2) is 0 Å². The number of rotatable bonds is 11. The summed E-state index contributed by atoms with van der Waals surface area (Å²) in [5, 5.41) is 4.08. The topological polar surface area (TPSA) is 58.6 Å². The van der Waals surface area contributed by atoms with Crippen LogP contribution in [0.4, 0.5) is 0 Å². The van der Waals surface area contributed by atoms with Crippen LogP contribution in [0.5, 0.6) is 5.75 Å². The Morgan fingerprint density at radius 1 is 1.00 bits per heavy atom. The number of hydrogen-bond acceptors (Lipinski definition) is 3. The zero-order valence-corrected chi connectivity index (χ0v) is 25.1. The van der Waals surface area contributed by atoms with E-state index in [-0.39, 0.29) is 31.0 Å². The molecule has 2 amide bonds. The third-order valence-electron chi connectivity index (χ3n) is 7.12. The Kier molecular flexibility index (Phi) is 10.7. The Labute approximate surface area is 249 Å². The number of nitrogens with one attached hydrogen (secondary N) is 1. The van der Waals surface area contributed by atoms with Crippen LogP contribution < -0.4 is 10.1 Å². The molecule has 0 unspecified atom stereocenters. The second kappa shape index (κ2) is 14.2. The van der Waals surface area contributed by atoms with Crippen molar-refractivity contribution in [2.24, 2.45) is 0 Å². The zero-order valence-electron chi connectivity index (χ0n) is 22.0. The van der Waals surface area contributed by atoms with Crippen molar-refractivity contribution >= 4 is 50.9 Å². The first-order chi connectivity index (χ1) is 18.9. The van der Waals surface area contributed by atoms with Crippen LogP contribution in [0.3, 0.4) is 0 Å².